The molecule has 0 unspecified atom stereocenters. The Hall–Kier alpha value is 0.970. The molecule has 0 atom stereocenters. The van der Waals surface area contributed by atoms with Gasteiger partial charge in [-0.3, -0.25) is 0 Å². The average molecular weight is 162 g/mol. The van der Waals surface area contributed by atoms with E-state index in [9.17, 15) is 0 Å². The summed E-state index contributed by atoms with van der Waals surface area (Å²) in [6.45, 7) is 3.57. The molecule has 0 radical (unpaired) electrons. The van der Waals surface area contributed by atoms with Crippen molar-refractivity contribution in [3.63, 3.8) is 0 Å². The Morgan fingerprint density at radius 2 is 1.57 bits per heavy atom. The van der Waals surface area contributed by atoms with Crippen LogP contribution in [-0.4, -0.2) is 10.6 Å². The molecule has 0 rings (SSSR count). The summed E-state index contributed by atoms with van der Waals surface area (Å²) in [5.74, 6) is 0. The third kappa shape index (κ3) is 3.54. The Morgan fingerprint density at radius 1 is 1.43 bits per heavy atom. The van der Waals surface area contributed by atoms with Crippen LogP contribution in [0, 0.1) is 0 Å². The van der Waals surface area contributed by atoms with E-state index in [2.05, 4.69) is 0 Å². The highest BCUT2D eigenvalue weighted by atomic mass is 35.9. The van der Waals surface area contributed by atoms with Crippen molar-refractivity contribution in [1.29, 1.82) is 0 Å². The highest BCUT2D eigenvalue weighted by molar-refractivity contribution is 8.13. The number of rotatable bonds is 1. The van der Waals surface area contributed by atoms with Gasteiger partial charge in [0.2, 0.25) is 0 Å². The van der Waals surface area contributed by atoms with Crippen molar-refractivity contribution in [1.82, 2.24) is 0 Å². The summed E-state index contributed by atoms with van der Waals surface area (Å²) < 4.78 is 0. The van der Waals surface area contributed by atoms with Gasteiger partial charge in [-0.05, 0) is 13.8 Å². The average Bonchev–Trinajstić information content (AvgIpc) is 1.31. The fourth-order valence-electron chi connectivity index (χ4n) is 0. The standard InChI is InChI=1S/C3H8Cl2OP/c1-3(2)7(4,5)6/h3,6H,1-2H3/q+1. The molecule has 0 heterocycles. The largest absolute Gasteiger partial charge is 0.338 e. The molecule has 4 heteroatoms. The van der Waals surface area contributed by atoms with Gasteiger partial charge in [0.05, 0.1) is 0 Å². The van der Waals surface area contributed by atoms with Crippen molar-refractivity contribution in [3.05, 3.63) is 0 Å². The molecule has 0 aliphatic rings. The first-order valence-electron chi connectivity index (χ1n) is 1.95. The minimum absolute atomic E-state index is 0.00386. The zero-order chi connectivity index (χ0) is 6.08. The van der Waals surface area contributed by atoms with Gasteiger partial charge >= 0.3 is 6.19 Å². The molecule has 0 aromatic heterocycles. The first kappa shape index (κ1) is 7.97. The van der Waals surface area contributed by atoms with Crippen molar-refractivity contribution in [2.45, 2.75) is 19.5 Å². The summed E-state index contributed by atoms with van der Waals surface area (Å²) >= 11 is 10.6. The van der Waals surface area contributed by atoms with Crippen LogP contribution < -0.4 is 0 Å². The molecule has 1 nitrogen and oxygen atoms in total. The Labute approximate surface area is 53.6 Å². The second-order valence-electron chi connectivity index (χ2n) is 1.62. The van der Waals surface area contributed by atoms with Gasteiger partial charge in [-0.15, -0.1) is 0 Å². The Bertz CT molecular complexity index is 58.4. The van der Waals surface area contributed by atoms with Crippen LogP contribution in [0.2, 0.25) is 0 Å². The smallest absolute Gasteiger partial charge is 0.214 e. The topological polar surface area (TPSA) is 20.2 Å². The minimum Gasteiger partial charge on any atom is -0.214 e. The third-order valence-corrected chi connectivity index (χ3v) is 4.21. The molecule has 0 bridgehead atoms. The molecule has 0 aromatic rings. The van der Waals surface area contributed by atoms with Crippen LogP contribution in [0.15, 0.2) is 0 Å². The van der Waals surface area contributed by atoms with Gasteiger partial charge in [0.25, 0.3) is 0 Å². The van der Waals surface area contributed by atoms with E-state index in [1.165, 1.54) is 0 Å². The summed E-state index contributed by atoms with van der Waals surface area (Å²) in [7, 11) is 0. The van der Waals surface area contributed by atoms with E-state index in [1.54, 1.807) is 13.8 Å². The van der Waals surface area contributed by atoms with Crippen LogP contribution in [0.3, 0.4) is 0 Å². The zero-order valence-electron chi connectivity index (χ0n) is 4.23. The molecule has 44 valence electrons. The fraction of sp³-hybridized carbons (Fsp3) is 1.00. The highest BCUT2D eigenvalue weighted by Crippen LogP contribution is 2.68. The maximum absolute atomic E-state index is 8.74. The van der Waals surface area contributed by atoms with Gasteiger partial charge in [-0.2, -0.15) is 0 Å². The summed E-state index contributed by atoms with van der Waals surface area (Å²) in [6.07, 6.45) is -2.54. The second-order valence-corrected chi connectivity index (χ2v) is 7.32. The monoisotopic (exact) mass is 161 g/mol. The lowest BCUT2D eigenvalue weighted by Crippen LogP contribution is -1.91. The van der Waals surface area contributed by atoms with Gasteiger partial charge < -0.3 is 0 Å². The van der Waals surface area contributed by atoms with Crippen molar-refractivity contribution in [2.75, 3.05) is 0 Å². The maximum Gasteiger partial charge on any atom is 0.338 e. The van der Waals surface area contributed by atoms with E-state index in [4.69, 9.17) is 27.4 Å². The molecule has 0 aliphatic heterocycles. The molecule has 1 N–H and O–H groups in total. The van der Waals surface area contributed by atoms with Crippen molar-refractivity contribution in [3.8, 4) is 0 Å². The van der Waals surface area contributed by atoms with Crippen molar-refractivity contribution < 1.29 is 4.89 Å². The molecule has 0 amide bonds. The molecule has 0 saturated heterocycles. The van der Waals surface area contributed by atoms with Crippen LogP contribution in [0.4, 0.5) is 0 Å². The second kappa shape index (κ2) is 2.50. The van der Waals surface area contributed by atoms with E-state index in [0.29, 0.717) is 0 Å². The van der Waals surface area contributed by atoms with Crippen LogP contribution >= 0.6 is 28.7 Å². The van der Waals surface area contributed by atoms with Gasteiger partial charge in [0.1, 0.15) is 28.1 Å². The SMILES string of the molecule is CC(C)[P+](O)(Cl)Cl. The number of halogens is 2. The molecular formula is C3H8Cl2OP+. The Kier molecular flexibility index (Phi) is 2.85. The molecule has 7 heavy (non-hydrogen) atoms. The molecule has 0 aromatic carbocycles. The molecule has 0 fully saturated rings. The Morgan fingerprint density at radius 3 is 1.57 bits per heavy atom. The van der Waals surface area contributed by atoms with Crippen molar-refractivity contribution >= 4 is 28.7 Å². The predicted octanol–water partition coefficient (Wildman–Crippen LogP) is 2.63. The lowest BCUT2D eigenvalue weighted by Gasteiger charge is -2.02. The lowest BCUT2D eigenvalue weighted by atomic mass is 10.6. The van der Waals surface area contributed by atoms with Crippen molar-refractivity contribution in [2.24, 2.45) is 0 Å². The minimum atomic E-state index is -2.54. The van der Waals surface area contributed by atoms with Gasteiger partial charge in [-0.25, -0.2) is 4.89 Å². The Balaban J connectivity index is 3.54. The summed E-state index contributed by atoms with van der Waals surface area (Å²) in [6, 6.07) is 0. The van der Waals surface area contributed by atoms with Gasteiger partial charge in [0.15, 0.2) is 0 Å². The van der Waals surface area contributed by atoms with E-state index in [-0.39, 0.29) is 5.66 Å². The molecule has 0 saturated carbocycles. The number of hydrogen-bond acceptors (Lipinski definition) is 1. The van der Waals surface area contributed by atoms with Gasteiger partial charge in [-0.1, -0.05) is 0 Å². The first-order valence-corrected chi connectivity index (χ1v) is 5.57. The fourth-order valence-corrected chi connectivity index (χ4v) is 0. The lowest BCUT2D eigenvalue weighted by molar-refractivity contribution is 0.622. The molecule has 0 spiro atoms. The first-order chi connectivity index (χ1) is 2.94. The van der Waals surface area contributed by atoms with Crippen LogP contribution in [0.5, 0.6) is 0 Å². The summed E-state index contributed by atoms with van der Waals surface area (Å²) in [5.41, 5.74) is -0.00386. The molecular weight excluding hydrogens is 154 g/mol. The zero-order valence-corrected chi connectivity index (χ0v) is 6.63. The quantitative estimate of drug-likeness (QED) is 0.587. The van der Waals surface area contributed by atoms with Crippen LogP contribution in [0.1, 0.15) is 13.8 Å². The number of hydrogen-bond donors (Lipinski definition) is 1. The molecule has 0 aliphatic carbocycles. The van der Waals surface area contributed by atoms with E-state index < -0.39 is 6.19 Å². The van der Waals surface area contributed by atoms with E-state index in [1.807, 2.05) is 0 Å². The summed E-state index contributed by atoms with van der Waals surface area (Å²) in [4.78, 5) is 8.74. The summed E-state index contributed by atoms with van der Waals surface area (Å²) in [5, 5.41) is 0. The normalized spacial score (nSPS) is 12.9. The van der Waals surface area contributed by atoms with E-state index >= 15 is 0 Å². The maximum atomic E-state index is 8.74. The third-order valence-electron chi connectivity index (χ3n) is 0.621. The van der Waals surface area contributed by atoms with Crippen LogP contribution in [0.25, 0.3) is 0 Å². The van der Waals surface area contributed by atoms with Crippen LogP contribution in [-0.2, 0) is 0 Å². The van der Waals surface area contributed by atoms with E-state index in [0.717, 1.165) is 0 Å². The predicted molar refractivity (Wildman–Crippen MR) is 36.0 cm³/mol. The highest BCUT2D eigenvalue weighted by Gasteiger charge is 2.36. The van der Waals surface area contributed by atoms with Gasteiger partial charge in [0, 0.05) is 0 Å².